The summed E-state index contributed by atoms with van der Waals surface area (Å²) in [4.78, 5) is 12.0. The molecule has 1 aromatic rings. The highest BCUT2D eigenvalue weighted by Crippen LogP contribution is 2.26. The van der Waals surface area contributed by atoms with Crippen molar-refractivity contribution in [2.45, 2.75) is 13.3 Å². The summed E-state index contributed by atoms with van der Waals surface area (Å²) in [6, 6.07) is 3.33. The summed E-state index contributed by atoms with van der Waals surface area (Å²) in [7, 11) is 0. The molecule has 0 aromatic heterocycles. The van der Waals surface area contributed by atoms with Crippen molar-refractivity contribution in [3.63, 3.8) is 0 Å². The van der Waals surface area contributed by atoms with Crippen LogP contribution in [0.25, 0.3) is 0 Å². The van der Waals surface area contributed by atoms with E-state index in [-0.39, 0.29) is 24.0 Å². The van der Waals surface area contributed by atoms with E-state index in [2.05, 4.69) is 10.6 Å². The molecule has 1 aromatic carbocycles. The number of halogens is 3. The number of anilines is 1. The van der Waals surface area contributed by atoms with Crippen molar-refractivity contribution in [2.75, 3.05) is 18.4 Å². The summed E-state index contributed by atoms with van der Waals surface area (Å²) in [5, 5.41) is 5.71. The molecule has 6 heteroatoms. The van der Waals surface area contributed by atoms with Crippen molar-refractivity contribution in [1.82, 2.24) is 5.32 Å². The highest BCUT2D eigenvalue weighted by Gasteiger charge is 2.36. The SMILES string of the molecule is CC1(C(=O)Nc2ccc(F)c(F)c2)CCNC1.Cl. The first-order chi connectivity index (χ1) is 8.01. The van der Waals surface area contributed by atoms with Gasteiger partial charge in [0.15, 0.2) is 11.6 Å². The second kappa shape index (κ2) is 5.63. The first kappa shape index (κ1) is 14.9. The fraction of sp³-hybridized carbons (Fsp3) is 0.417. The van der Waals surface area contributed by atoms with Crippen LogP contribution >= 0.6 is 12.4 Å². The van der Waals surface area contributed by atoms with Gasteiger partial charge in [-0.15, -0.1) is 12.4 Å². The summed E-state index contributed by atoms with van der Waals surface area (Å²) in [5.74, 6) is -2.05. The molecule has 1 saturated heterocycles. The van der Waals surface area contributed by atoms with Gasteiger partial charge in [0.2, 0.25) is 5.91 Å². The normalized spacial score (nSPS) is 22.4. The van der Waals surface area contributed by atoms with Crippen LogP contribution in [-0.2, 0) is 4.79 Å². The van der Waals surface area contributed by atoms with Crippen molar-refractivity contribution in [1.29, 1.82) is 0 Å². The quantitative estimate of drug-likeness (QED) is 0.870. The van der Waals surface area contributed by atoms with Crippen LogP contribution in [-0.4, -0.2) is 19.0 Å². The molecule has 0 bridgehead atoms. The second-order valence-corrected chi connectivity index (χ2v) is 4.57. The third-order valence-corrected chi connectivity index (χ3v) is 3.09. The topological polar surface area (TPSA) is 41.1 Å². The van der Waals surface area contributed by atoms with Gasteiger partial charge in [0, 0.05) is 18.3 Å². The lowest BCUT2D eigenvalue weighted by molar-refractivity contribution is -0.123. The van der Waals surface area contributed by atoms with Crippen molar-refractivity contribution in [3.8, 4) is 0 Å². The van der Waals surface area contributed by atoms with E-state index in [4.69, 9.17) is 0 Å². The lowest BCUT2D eigenvalue weighted by Gasteiger charge is -2.21. The average molecular weight is 277 g/mol. The van der Waals surface area contributed by atoms with Gasteiger partial charge in [0.1, 0.15) is 0 Å². The molecule has 0 radical (unpaired) electrons. The van der Waals surface area contributed by atoms with E-state index in [9.17, 15) is 13.6 Å². The van der Waals surface area contributed by atoms with Gasteiger partial charge < -0.3 is 10.6 Å². The number of carbonyl (C=O) groups is 1. The van der Waals surface area contributed by atoms with Gasteiger partial charge in [-0.3, -0.25) is 4.79 Å². The second-order valence-electron chi connectivity index (χ2n) is 4.57. The Balaban J connectivity index is 0.00000162. The minimum atomic E-state index is -0.961. The van der Waals surface area contributed by atoms with Gasteiger partial charge >= 0.3 is 0 Å². The first-order valence-electron chi connectivity index (χ1n) is 5.48. The van der Waals surface area contributed by atoms with Gasteiger partial charge in [0.25, 0.3) is 0 Å². The van der Waals surface area contributed by atoms with E-state index < -0.39 is 17.0 Å². The van der Waals surface area contributed by atoms with Crippen LogP contribution in [0.3, 0.4) is 0 Å². The van der Waals surface area contributed by atoms with Gasteiger partial charge in [-0.05, 0) is 32.0 Å². The molecule has 2 N–H and O–H groups in total. The number of nitrogens with one attached hydrogen (secondary N) is 2. The van der Waals surface area contributed by atoms with Crippen LogP contribution in [0.4, 0.5) is 14.5 Å². The van der Waals surface area contributed by atoms with Crippen molar-refractivity contribution >= 4 is 24.0 Å². The molecular formula is C12H15ClF2N2O. The molecule has 1 amide bonds. The maximum absolute atomic E-state index is 13.0. The largest absolute Gasteiger partial charge is 0.325 e. The van der Waals surface area contributed by atoms with Crippen LogP contribution in [0, 0.1) is 17.0 Å². The zero-order valence-electron chi connectivity index (χ0n) is 9.93. The highest BCUT2D eigenvalue weighted by molar-refractivity contribution is 5.95. The van der Waals surface area contributed by atoms with Crippen LogP contribution < -0.4 is 10.6 Å². The van der Waals surface area contributed by atoms with Gasteiger partial charge in [0.05, 0.1) is 5.41 Å². The number of amides is 1. The molecule has 0 spiro atoms. The Morgan fingerprint density at radius 2 is 2.11 bits per heavy atom. The first-order valence-corrected chi connectivity index (χ1v) is 5.48. The summed E-state index contributed by atoms with van der Waals surface area (Å²) in [5.41, 5.74) is -0.202. The van der Waals surface area contributed by atoms with E-state index in [0.717, 1.165) is 25.1 Å². The van der Waals surface area contributed by atoms with E-state index in [0.29, 0.717) is 6.54 Å². The Hall–Kier alpha value is -1.20. The molecule has 1 unspecified atom stereocenters. The van der Waals surface area contributed by atoms with Gasteiger partial charge in [-0.1, -0.05) is 0 Å². The third kappa shape index (κ3) is 2.97. The lowest BCUT2D eigenvalue weighted by atomic mass is 9.89. The number of rotatable bonds is 2. The van der Waals surface area contributed by atoms with E-state index in [1.165, 1.54) is 6.07 Å². The summed E-state index contributed by atoms with van der Waals surface area (Å²) < 4.78 is 25.7. The monoisotopic (exact) mass is 276 g/mol. The molecule has 3 nitrogen and oxygen atoms in total. The molecule has 1 heterocycles. The molecule has 1 atom stereocenters. The van der Waals surface area contributed by atoms with Crippen molar-refractivity contribution in [2.24, 2.45) is 5.41 Å². The highest BCUT2D eigenvalue weighted by atomic mass is 35.5. The number of hydrogen-bond acceptors (Lipinski definition) is 2. The van der Waals surface area contributed by atoms with Gasteiger partial charge in [-0.25, -0.2) is 8.78 Å². The average Bonchev–Trinajstić information content (AvgIpc) is 2.72. The van der Waals surface area contributed by atoms with Crippen molar-refractivity contribution < 1.29 is 13.6 Å². The maximum atomic E-state index is 13.0. The standard InChI is InChI=1S/C12H14F2N2O.ClH/c1-12(4-5-15-7-12)11(17)16-8-2-3-9(13)10(14)6-8;/h2-3,6,15H,4-5,7H2,1H3,(H,16,17);1H. The Kier molecular flexibility index (Phi) is 4.65. The molecule has 1 fully saturated rings. The Labute approximate surface area is 110 Å². The zero-order chi connectivity index (χ0) is 12.5. The minimum absolute atomic E-state index is 0. The van der Waals surface area contributed by atoms with Gasteiger partial charge in [-0.2, -0.15) is 0 Å². The molecule has 2 rings (SSSR count). The fourth-order valence-corrected chi connectivity index (χ4v) is 1.87. The molecule has 100 valence electrons. The maximum Gasteiger partial charge on any atom is 0.231 e. The molecule has 0 aliphatic carbocycles. The minimum Gasteiger partial charge on any atom is -0.325 e. The van der Waals surface area contributed by atoms with Crippen LogP contribution in [0.15, 0.2) is 18.2 Å². The Morgan fingerprint density at radius 3 is 2.67 bits per heavy atom. The van der Waals surface area contributed by atoms with Crippen LogP contribution in [0.1, 0.15) is 13.3 Å². The zero-order valence-corrected chi connectivity index (χ0v) is 10.7. The third-order valence-electron chi connectivity index (χ3n) is 3.09. The van der Waals surface area contributed by atoms with Crippen LogP contribution in [0.5, 0.6) is 0 Å². The predicted octanol–water partition coefficient (Wildman–Crippen LogP) is 2.32. The number of hydrogen-bond donors (Lipinski definition) is 2. The molecular weight excluding hydrogens is 262 g/mol. The summed E-state index contributed by atoms with van der Waals surface area (Å²) >= 11 is 0. The predicted molar refractivity (Wildman–Crippen MR) is 67.8 cm³/mol. The van der Waals surface area contributed by atoms with E-state index in [1.807, 2.05) is 6.92 Å². The smallest absolute Gasteiger partial charge is 0.231 e. The molecule has 0 saturated carbocycles. The summed E-state index contributed by atoms with van der Waals surface area (Å²) in [6.07, 6.45) is 0.739. The number of benzene rings is 1. The molecule has 1 aliphatic rings. The summed E-state index contributed by atoms with van der Waals surface area (Å²) in [6.45, 7) is 3.24. The Morgan fingerprint density at radius 1 is 1.39 bits per heavy atom. The Bertz CT molecular complexity index is 448. The lowest BCUT2D eigenvalue weighted by Crippen LogP contribution is -2.35. The van der Waals surface area contributed by atoms with Crippen molar-refractivity contribution in [3.05, 3.63) is 29.8 Å². The number of carbonyl (C=O) groups excluding carboxylic acids is 1. The fourth-order valence-electron chi connectivity index (χ4n) is 1.87. The molecule has 1 aliphatic heterocycles. The van der Waals surface area contributed by atoms with E-state index >= 15 is 0 Å². The van der Waals surface area contributed by atoms with E-state index in [1.54, 1.807) is 0 Å². The molecule has 18 heavy (non-hydrogen) atoms. The van der Waals surface area contributed by atoms with Crippen LogP contribution in [0.2, 0.25) is 0 Å².